The maximum absolute atomic E-state index is 13.9. The van der Waals surface area contributed by atoms with Gasteiger partial charge in [0.25, 0.3) is 5.91 Å². The Morgan fingerprint density at radius 1 is 1.26 bits per heavy atom. The topological polar surface area (TPSA) is 94.4 Å². The fourth-order valence-electron chi connectivity index (χ4n) is 4.56. The lowest BCUT2D eigenvalue weighted by Gasteiger charge is -2.35. The number of nitrogens with zero attached hydrogens (tertiary/aromatic N) is 3. The molecule has 2 N–H and O–H groups in total. The van der Waals surface area contributed by atoms with Gasteiger partial charge in [-0.25, -0.2) is 4.98 Å². The molecular weight excluding hydrogens is 543 g/mol. The second-order valence-corrected chi connectivity index (χ2v) is 10.0. The Balaban J connectivity index is 1.90. The van der Waals surface area contributed by atoms with E-state index in [1.54, 1.807) is 17.9 Å². The van der Waals surface area contributed by atoms with Crippen LogP contribution in [0.25, 0.3) is 0 Å². The van der Waals surface area contributed by atoms with Gasteiger partial charge in [0.2, 0.25) is 5.90 Å². The first-order valence-corrected chi connectivity index (χ1v) is 14.0. The second kappa shape index (κ2) is 14.6. The van der Waals surface area contributed by atoms with Crippen LogP contribution in [0.1, 0.15) is 64.4 Å². The molecule has 1 aromatic heterocycles. The van der Waals surface area contributed by atoms with Crippen molar-refractivity contribution in [2.24, 2.45) is 4.99 Å². The molecule has 2 aliphatic rings. The Labute approximate surface area is 245 Å². The van der Waals surface area contributed by atoms with Gasteiger partial charge in [-0.2, -0.15) is 13.2 Å². The van der Waals surface area contributed by atoms with E-state index in [1.165, 1.54) is 31.5 Å². The number of carbonyl (C=O) groups excluding carboxylic acids is 1. The molecule has 0 fully saturated rings. The highest BCUT2D eigenvalue weighted by Crippen LogP contribution is 2.32. The van der Waals surface area contributed by atoms with Crippen molar-refractivity contribution in [3.63, 3.8) is 0 Å². The quantitative estimate of drug-likeness (QED) is 0.222. The van der Waals surface area contributed by atoms with Crippen LogP contribution in [-0.2, 0) is 16.0 Å². The molecule has 0 saturated heterocycles. The Morgan fingerprint density at radius 2 is 2.02 bits per heavy atom. The lowest BCUT2D eigenvalue weighted by Crippen LogP contribution is -2.44. The minimum absolute atomic E-state index is 0.0735. The van der Waals surface area contributed by atoms with Crippen molar-refractivity contribution in [1.82, 2.24) is 14.9 Å². The normalized spacial score (nSPS) is 18.9. The molecule has 7 nitrogen and oxygen atoms in total. The monoisotopic (exact) mass is 581 g/mol. The van der Waals surface area contributed by atoms with E-state index in [2.05, 4.69) is 21.5 Å². The molecular formula is C32H38F3N5O2. The number of imidazole rings is 1. The zero-order chi connectivity index (χ0) is 30.9. The van der Waals surface area contributed by atoms with Crippen LogP contribution in [0.15, 0.2) is 94.6 Å². The molecule has 10 heteroatoms. The molecule has 0 radical (unpaired) electrons. The van der Waals surface area contributed by atoms with Gasteiger partial charge in [0.15, 0.2) is 5.76 Å². The number of halogens is 3. The molecule has 224 valence electrons. The predicted octanol–water partition coefficient (Wildman–Crippen LogP) is 7.43. The summed E-state index contributed by atoms with van der Waals surface area (Å²) in [4.78, 5) is 27.5. The lowest BCUT2D eigenvalue weighted by atomic mass is 9.96. The van der Waals surface area contributed by atoms with Crippen LogP contribution in [-0.4, -0.2) is 51.7 Å². The van der Waals surface area contributed by atoms with E-state index < -0.39 is 23.7 Å². The number of aromatic amines is 1. The average Bonchev–Trinajstić information content (AvgIpc) is 3.28. The highest BCUT2D eigenvalue weighted by atomic mass is 19.4. The van der Waals surface area contributed by atoms with Gasteiger partial charge in [-0.05, 0) is 62.5 Å². The van der Waals surface area contributed by atoms with Gasteiger partial charge in [-0.1, -0.05) is 50.8 Å². The smallest absolute Gasteiger partial charge is 0.412 e. The number of nitrogens with one attached hydrogen (secondary N) is 2. The van der Waals surface area contributed by atoms with E-state index in [9.17, 15) is 18.0 Å². The van der Waals surface area contributed by atoms with Crippen molar-refractivity contribution in [2.45, 2.75) is 65.6 Å². The maximum atomic E-state index is 13.9. The summed E-state index contributed by atoms with van der Waals surface area (Å²) in [7, 11) is 0. The molecule has 3 heterocycles. The van der Waals surface area contributed by atoms with Gasteiger partial charge in [0.05, 0.1) is 17.7 Å². The molecule has 42 heavy (non-hydrogen) atoms. The van der Waals surface area contributed by atoms with E-state index >= 15 is 0 Å². The zero-order valence-electron chi connectivity index (χ0n) is 24.5. The number of alkyl halides is 3. The number of hydrogen-bond acceptors (Lipinski definition) is 5. The zero-order valence-corrected chi connectivity index (χ0v) is 24.5. The molecule has 2 aliphatic heterocycles. The van der Waals surface area contributed by atoms with E-state index in [1.807, 2.05) is 32.1 Å². The van der Waals surface area contributed by atoms with Crippen molar-refractivity contribution >= 4 is 17.5 Å². The number of hydrogen-bond donors (Lipinski definition) is 2. The van der Waals surface area contributed by atoms with Gasteiger partial charge >= 0.3 is 6.18 Å². The van der Waals surface area contributed by atoms with E-state index in [-0.39, 0.29) is 17.9 Å². The Hall–Kier alpha value is -4.21. The first kappa shape index (κ1) is 32.3. The first-order valence-electron chi connectivity index (χ1n) is 14.0. The molecule has 0 aliphatic carbocycles. The minimum Gasteiger partial charge on any atom is -0.433 e. The van der Waals surface area contributed by atoms with Gasteiger partial charge < -0.3 is 20.0 Å². The van der Waals surface area contributed by atoms with Crippen LogP contribution in [0.2, 0.25) is 0 Å². The SMILES string of the molecule is C=C(C)/C(=C\C=C/CC)C1=NCCC=C(C(=O)N2CCc3[nH]cnc3C2C(=N)/C=C(C)/C=C\C=C(/CC)C(F)(F)F)O1. The fourth-order valence-corrected chi connectivity index (χ4v) is 4.56. The number of ether oxygens (including phenoxy) is 1. The van der Waals surface area contributed by atoms with Gasteiger partial charge in [0.1, 0.15) is 6.04 Å². The molecule has 3 rings (SSSR count). The highest BCUT2D eigenvalue weighted by Gasteiger charge is 2.37. The Bertz CT molecular complexity index is 1400. The van der Waals surface area contributed by atoms with Crippen molar-refractivity contribution in [2.75, 3.05) is 13.1 Å². The molecule has 0 saturated carbocycles. The van der Waals surface area contributed by atoms with E-state index in [0.29, 0.717) is 48.7 Å². The van der Waals surface area contributed by atoms with Gasteiger partial charge in [0, 0.05) is 36.4 Å². The Kier molecular flexibility index (Phi) is 11.2. The van der Waals surface area contributed by atoms with Gasteiger partial charge in [-0.15, -0.1) is 0 Å². The summed E-state index contributed by atoms with van der Waals surface area (Å²) in [6.07, 6.45) is 11.7. The van der Waals surface area contributed by atoms with E-state index in [0.717, 1.165) is 23.8 Å². The summed E-state index contributed by atoms with van der Waals surface area (Å²) in [5, 5.41) is 8.91. The number of fused-ring (bicyclic) bond motifs is 1. The van der Waals surface area contributed by atoms with Crippen LogP contribution in [0, 0.1) is 5.41 Å². The van der Waals surface area contributed by atoms with Crippen LogP contribution in [0.3, 0.4) is 0 Å². The Morgan fingerprint density at radius 3 is 2.69 bits per heavy atom. The number of allylic oxidation sites excluding steroid dienone is 8. The molecule has 0 aromatic carbocycles. The van der Waals surface area contributed by atoms with Crippen molar-refractivity contribution < 1.29 is 22.7 Å². The molecule has 0 spiro atoms. The average molecular weight is 582 g/mol. The second-order valence-electron chi connectivity index (χ2n) is 10.0. The number of carbonyl (C=O) groups is 1. The number of amides is 1. The summed E-state index contributed by atoms with van der Waals surface area (Å²) >= 11 is 0. The summed E-state index contributed by atoms with van der Waals surface area (Å²) < 4.78 is 45.3. The maximum Gasteiger partial charge on any atom is 0.412 e. The highest BCUT2D eigenvalue weighted by molar-refractivity contribution is 6.05. The number of H-pyrrole nitrogens is 1. The summed E-state index contributed by atoms with van der Waals surface area (Å²) in [5.74, 6) is 0.0174. The standard InChI is InChI=1S/C32H38F3N5O2/c1-6-8-9-14-24(21(3)4)30-37-17-11-15-27(42-30)31(41)40-18-16-26-28(39-20-38-26)29(40)25(36)19-22(5)12-10-13-23(7-2)32(33,34)35/h8-10,12-15,19-20,29,36H,3,6-7,11,16-18H2,1-2,4-5H3,(H,38,39)/b9-8-,12-10-,22-19+,23-13+,24-14+,36-25?. The molecule has 1 amide bonds. The van der Waals surface area contributed by atoms with Crippen molar-refractivity contribution in [3.05, 3.63) is 101 Å². The predicted molar refractivity (Wildman–Crippen MR) is 160 cm³/mol. The van der Waals surface area contributed by atoms with E-state index in [4.69, 9.17) is 10.1 Å². The van der Waals surface area contributed by atoms with Crippen LogP contribution in [0.5, 0.6) is 0 Å². The molecule has 1 atom stereocenters. The third-order valence-electron chi connectivity index (χ3n) is 6.72. The number of aromatic nitrogens is 2. The summed E-state index contributed by atoms with van der Waals surface area (Å²) in [6.45, 7) is 11.8. The number of aliphatic imine (C=N–C) groups is 1. The van der Waals surface area contributed by atoms with Crippen LogP contribution < -0.4 is 0 Å². The summed E-state index contributed by atoms with van der Waals surface area (Å²) in [6, 6.07) is -0.815. The fraction of sp³-hybridized carbons (Fsp3) is 0.375. The number of rotatable bonds is 10. The largest absolute Gasteiger partial charge is 0.433 e. The molecule has 1 aromatic rings. The molecule has 1 unspecified atom stereocenters. The molecule has 0 bridgehead atoms. The van der Waals surface area contributed by atoms with Crippen molar-refractivity contribution in [3.8, 4) is 0 Å². The summed E-state index contributed by atoms with van der Waals surface area (Å²) in [5.41, 5.74) is 2.79. The minimum atomic E-state index is -4.39. The van der Waals surface area contributed by atoms with Gasteiger partial charge in [-0.3, -0.25) is 9.79 Å². The first-order chi connectivity index (χ1) is 20.0. The lowest BCUT2D eigenvalue weighted by molar-refractivity contribution is -0.131. The third-order valence-corrected chi connectivity index (χ3v) is 6.72. The van der Waals surface area contributed by atoms with Crippen LogP contribution in [0.4, 0.5) is 13.2 Å². The van der Waals surface area contributed by atoms with Crippen LogP contribution >= 0.6 is 0 Å². The third kappa shape index (κ3) is 8.18. The van der Waals surface area contributed by atoms with Crippen molar-refractivity contribution in [1.29, 1.82) is 5.41 Å².